The lowest BCUT2D eigenvalue weighted by atomic mass is 10.00. The molecule has 0 aliphatic carbocycles. The van der Waals surface area contributed by atoms with Gasteiger partial charge in [0.05, 0.1) is 5.57 Å². The van der Waals surface area contributed by atoms with Crippen LogP contribution in [0.5, 0.6) is 0 Å². The Bertz CT molecular complexity index is 1130. The molecule has 0 radical (unpaired) electrons. The molecule has 0 aliphatic rings. The quantitative estimate of drug-likeness (QED) is 0.301. The first-order chi connectivity index (χ1) is 15.4. The summed E-state index contributed by atoms with van der Waals surface area (Å²) < 4.78 is -0.227. The highest BCUT2D eigenvalue weighted by molar-refractivity contribution is 7.98. The molecule has 0 bridgehead atoms. The first-order valence-electron chi connectivity index (χ1n) is 9.77. The molecule has 0 saturated heterocycles. The highest BCUT2D eigenvalue weighted by Crippen LogP contribution is 2.30. The maximum Gasteiger partial charge on any atom is 0.326 e. The summed E-state index contributed by atoms with van der Waals surface area (Å²) in [6.07, 6.45) is 2.14. The molecule has 2 N–H and O–H groups in total. The van der Waals surface area contributed by atoms with Crippen LogP contribution >= 0.6 is 35.0 Å². The van der Waals surface area contributed by atoms with Gasteiger partial charge in [0.25, 0.3) is 5.91 Å². The van der Waals surface area contributed by atoms with Gasteiger partial charge in [-0.25, -0.2) is 4.79 Å². The Morgan fingerprint density at radius 3 is 2.16 bits per heavy atom. The summed E-state index contributed by atoms with van der Waals surface area (Å²) in [4.78, 5) is 25.8. The van der Waals surface area contributed by atoms with Crippen molar-refractivity contribution >= 4 is 52.4 Å². The van der Waals surface area contributed by atoms with Crippen LogP contribution in [0.4, 0.5) is 0 Å². The lowest BCUT2D eigenvalue weighted by Gasteiger charge is -2.17. The third-order valence-corrected chi connectivity index (χ3v) is 6.07. The Morgan fingerprint density at radius 2 is 1.56 bits per heavy atom. The summed E-state index contributed by atoms with van der Waals surface area (Å²) in [5.74, 6) is -1.79. The predicted octanol–water partition coefficient (Wildman–Crippen LogP) is 6.03. The average Bonchev–Trinajstić information content (AvgIpc) is 2.79. The monoisotopic (exact) mass is 485 g/mol. The molecule has 0 aliphatic heterocycles. The second kappa shape index (κ2) is 11.2. The molecule has 0 fully saturated rings. The molecule has 0 aromatic heterocycles. The molecule has 3 rings (SSSR count). The van der Waals surface area contributed by atoms with Crippen LogP contribution < -0.4 is 5.32 Å². The Morgan fingerprint density at radius 1 is 0.938 bits per heavy atom. The Hall–Kier alpha value is -2.73. The lowest BCUT2D eigenvalue weighted by molar-refractivity contribution is -0.141. The zero-order chi connectivity index (χ0) is 23.1. The number of benzene rings is 3. The van der Waals surface area contributed by atoms with Gasteiger partial charge >= 0.3 is 5.97 Å². The minimum absolute atomic E-state index is 0.0317. The maximum atomic E-state index is 12.8. The largest absolute Gasteiger partial charge is 0.480 e. The molecule has 0 heterocycles. The van der Waals surface area contributed by atoms with Gasteiger partial charge in [0.15, 0.2) is 0 Å². The van der Waals surface area contributed by atoms with Crippen LogP contribution in [-0.2, 0) is 16.0 Å². The number of carboxylic acids is 1. The molecule has 0 spiro atoms. The van der Waals surface area contributed by atoms with Gasteiger partial charge in [0.2, 0.25) is 0 Å². The molecular formula is C25H21Cl2NO3S. The van der Waals surface area contributed by atoms with Crippen LogP contribution in [0.15, 0.2) is 88.2 Å². The van der Waals surface area contributed by atoms with Gasteiger partial charge in [-0.3, -0.25) is 4.79 Å². The summed E-state index contributed by atoms with van der Waals surface area (Å²) in [5.41, 5.74) is 3.47. The van der Waals surface area contributed by atoms with Gasteiger partial charge < -0.3 is 10.4 Å². The van der Waals surface area contributed by atoms with Crippen LogP contribution in [0, 0.1) is 0 Å². The number of nitrogens with one attached hydrogen (secondary N) is 1. The van der Waals surface area contributed by atoms with E-state index in [9.17, 15) is 14.7 Å². The highest BCUT2D eigenvalue weighted by Gasteiger charge is 2.24. The van der Waals surface area contributed by atoms with Crippen molar-refractivity contribution in [2.75, 3.05) is 6.26 Å². The summed E-state index contributed by atoms with van der Waals surface area (Å²) in [6.45, 7) is 0. The molecule has 0 saturated carbocycles. The van der Waals surface area contributed by atoms with Gasteiger partial charge in [-0.15, -0.1) is 11.8 Å². The number of amides is 1. The molecule has 32 heavy (non-hydrogen) atoms. The highest BCUT2D eigenvalue weighted by atomic mass is 35.5. The van der Waals surface area contributed by atoms with Gasteiger partial charge in [-0.2, -0.15) is 0 Å². The van der Waals surface area contributed by atoms with Crippen molar-refractivity contribution in [1.82, 2.24) is 5.32 Å². The summed E-state index contributed by atoms with van der Waals surface area (Å²) in [6, 6.07) is 23.2. The van der Waals surface area contributed by atoms with Crippen molar-refractivity contribution in [2.45, 2.75) is 17.4 Å². The van der Waals surface area contributed by atoms with E-state index >= 15 is 0 Å². The number of aliphatic carboxylic acids is 1. The van der Waals surface area contributed by atoms with Gasteiger partial charge in [0, 0.05) is 11.3 Å². The molecular weight excluding hydrogens is 465 g/mol. The van der Waals surface area contributed by atoms with Crippen molar-refractivity contribution in [2.24, 2.45) is 0 Å². The summed E-state index contributed by atoms with van der Waals surface area (Å²) >= 11 is 13.5. The molecule has 7 heteroatoms. The van der Waals surface area contributed by atoms with E-state index in [-0.39, 0.29) is 16.5 Å². The minimum Gasteiger partial charge on any atom is -0.480 e. The molecule has 4 nitrogen and oxygen atoms in total. The fourth-order valence-electron chi connectivity index (χ4n) is 3.30. The molecule has 0 unspecified atom stereocenters. The predicted molar refractivity (Wildman–Crippen MR) is 132 cm³/mol. The Kier molecular flexibility index (Phi) is 8.39. The average molecular weight is 486 g/mol. The van der Waals surface area contributed by atoms with Gasteiger partial charge in [0.1, 0.15) is 10.5 Å². The van der Waals surface area contributed by atoms with E-state index in [1.165, 1.54) is 0 Å². The van der Waals surface area contributed by atoms with Crippen LogP contribution in [0.25, 0.3) is 16.7 Å². The number of hydrogen-bond acceptors (Lipinski definition) is 3. The number of halogens is 2. The zero-order valence-corrected chi connectivity index (χ0v) is 19.5. The fourth-order valence-corrected chi connectivity index (χ4v) is 4.31. The van der Waals surface area contributed by atoms with Crippen LogP contribution in [0.1, 0.15) is 11.1 Å². The van der Waals surface area contributed by atoms with E-state index in [1.54, 1.807) is 42.1 Å². The Labute approximate surface area is 201 Å². The molecule has 3 aromatic rings. The van der Waals surface area contributed by atoms with Crippen LogP contribution in [0.3, 0.4) is 0 Å². The third-order valence-electron chi connectivity index (χ3n) is 4.89. The minimum atomic E-state index is -1.15. The van der Waals surface area contributed by atoms with Crippen molar-refractivity contribution in [3.8, 4) is 11.1 Å². The number of carboxylic acid groups (broad SMARTS) is 1. The summed E-state index contributed by atoms with van der Waals surface area (Å²) in [5, 5.41) is 12.2. The third kappa shape index (κ3) is 5.94. The zero-order valence-electron chi connectivity index (χ0n) is 17.2. The second-order valence-electron chi connectivity index (χ2n) is 6.97. The first-order valence-corrected chi connectivity index (χ1v) is 11.8. The van der Waals surface area contributed by atoms with Crippen molar-refractivity contribution in [3.63, 3.8) is 0 Å². The molecule has 1 amide bonds. The van der Waals surface area contributed by atoms with Crippen molar-refractivity contribution in [3.05, 3.63) is 94.5 Å². The number of rotatable bonds is 8. The van der Waals surface area contributed by atoms with Crippen LogP contribution in [0.2, 0.25) is 0 Å². The van der Waals surface area contributed by atoms with Gasteiger partial charge in [-0.05, 0) is 34.6 Å². The number of carbonyl (C=O) groups is 2. The maximum absolute atomic E-state index is 12.8. The van der Waals surface area contributed by atoms with Gasteiger partial charge in [-0.1, -0.05) is 96.0 Å². The SMILES string of the molecule is CSc1ccccc1-c1ccc(C[C@H](NC(=O)C(=C(Cl)Cl)c2ccccc2)C(=O)O)cc1. The molecule has 3 aromatic carbocycles. The van der Waals surface area contributed by atoms with E-state index in [2.05, 4.69) is 17.4 Å². The lowest BCUT2D eigenvalue weighted by Crippen LogP contribution is -2.42. The topological polar surface area (TPSA) is 66.4 Å². The number of thioether (sulfide) groups is 1. The van der Waals surface area contributed by atoms with E-state index in [0.29, 0.717) is 5.56 Å². The van der Waals surface area contributed by atoms with E-state index in [0.717, 1.165) is 21.6 Å². The number of carbonyl (C=O) groups excluding carboxylic acids is 1. The van der Waals surface area contributed by atoms with E-state index in [1.807, 2.05) is 42.7 Å². The second-order valence-corrected chi connectivity index (χ2v) is 8.76. The van der Waals surface area contributed by atoms with E-state index in [4.69, 9.17) is 23.2 Å². The number of hydrogen-bond donors (Lipinski definition) is 2. The standard InChI is InChI=1S/C25H21Cl2NO3S/c1-32-21-10-6-5-9-19(21)17-13-11-16(12-14-17)15-20(25(30)31)28-24(29)22(23(26)27)18-7-3-2-4-8-18/h2-14,20H,15H2,1H3,(H,28,29)(H,30,31)/t20-/m0/s1. The summed E-state index contributed by atoms with van der Waals surface area (Å²) in [7, 11) is 0. The first kappa shape index (κ1) is 23.9. The van der Waals surface area contributed by atoms with Crippen molar-refractivity contribution in [1.29, 1.82) is 0 Å². The van der Waals surface area contributed by atoms with Crippen molar-refractivity contribution < 1.29 is 14.7 Å². The Balaban J connectivity index is 1.78. The molecule has 164 valence electrons. The smallest absolute Gasteiger partial charge is 0.326 e. The van der Waals surface area contributed by atoms with Crippen LogP contribution in [-0.4, -0.2) is 29.3 Å². The van der Waals surface area contributed by atoms with E-state index < -0.39 is 17.9 Å². The molecule has 1 atom stereocenters. The fraction of sp³-hybridized carbons (Fsp3) is 0.120. The normalized spacial score (nSPS) is 11.5.